The number of aliphatic hydroxyl groups excluding tert-OH is 3. The average Bonchev–Trinajstić information content (AvgIpc) is 2.17. The Labute approximate surface area is 90.6 Å². The summed E-state index contributed by atoms with van der Waals surface area (Å²) in [4.78, 5) is 20.3. The molecule has 5 atom stereocenters. The van der Waals surface area contributed by atoms with Gasteiger partial charge in [-0.05, 0) is 0 Å². The molecule has 0 radical (unpaired) electrons. The molecule has 16 heavy (non-hydrogen) atoms. The van der Waals surface area contributed by atoms with Crippen molar-refractivity contribution in [1.82, 2.24) is 0 Å². The van der Waals surface area contributed by atoms with Gasteiger partial charge in [-0.25, -0.2) is 0 Å². The van der Waals surface area contributed by atoms with Crippen molar-refractivity contribution in [1.29, 1.82) is 0 Å². The van der Waals surface area contributed by atoms with E-state index in [-0.39, 0.29) is 0 Å². The summed E-state index contributed by atoms with van der Waals surface area (Å²) < 4.78 is 18.7. The molecule has 1 aliphatic rings. The monoisotopic (exact) mass is 257 g/mol. The molecule has 10 heteroatoms. The second-order valence-corrected chi connectivity index (χ2v) is 4.52. The minimum atomic E-state index is -5.20. The highest BCUT2D eigenvalue weighted by Gasteiger charge is 2.42. The largest absolute Gasteiger partial charge is 0.790 e. The van der Waals surface area contributed by atoms with E-state index < -0.39 is 45.1 Å². The lowest BCUT2D eigenvalue weighted by atomic mass is 9.98. The van der Waals surface area contributed by atoms with Crippen molar-refractivity contribution in [2.45, 2.75) is 30.6 Å². The van der Waals surface area contributed by atoms with Crippen molar-refractivity contribution in [2.75, 3.05) is 6.61 Å². The molecular weight excluding hydrogens is 245 g/mol. The third kappa shape index (κ3) is 3.45. The summed E-state index contributed by atoms with van der Waals surface area (Å²) in [5.74, 6) is 0. The van der Waals surface area contributed by atoms with Gasteiger partial charge in [-0.1, -0.05) is 0 Å². The first-order chi connectivity index (χ1) is 7.22. The Morgan fingerprint density at radius 2 is 1.88 bits per heavy atom. The molecule has 9 nitrogen and oxygen atoms in total. The van der Waals surface area contributed by atoms with E-state index in [9.17, 15) is 24.6 Å². The van der Waals surface area contributed by atoms with Gasteiger partial charge < -0.3 is 44.7 Å². The molecule has 0 spiro atoms. The lowest BCUT2D eigenvalue weighted by Gasteiger charge is -2.40. The number of ether oxygens (including phenoxy) is 1. The summed E-state index contributed by atoms with van der Waals surface area (Å²) in [5.41, 5.74) is 5.25. The molecule has 96 valence electrons. The molecule has 0 amide bonds. The Morgan fingerprint density at radius 1 is 1.31 bits per heavy atom. The van der Waals surface area contributed by atoms with E-state index in [4.69, 9.17) is 10.8 Å². The Hall–Kier alpha value is -0.0900. The minimum absolute atomic E-state index is 0.799. The third-order valence-electron chi connectivity index (χ3n) is 2.17. The second-order valence-electron chi connectivity index (χ2n) is 3.37. The van der Waals surface area contributed by atoms with Crippen LogP contribution in [0.5, 0.6) is 0 Å². The second kappa shape index (κ2) is 5.05. The van der Waals surface area contributed by atoms with Gasteiger partial charge in [0.25, 0.3) is 0 Å². The number of aliphatic hydroxyl groups is 3. The van der Waals surface area contributed by atoms with Crippen LogP contribution in [0.15, 0.2) is 0 Å². The molecule has 1 heterocycles. The standard InChI is InChI=1S/C6H14NO8P/c7-3-5(9)4(8)2(15-6(3)10)1-14-16(11,12)13/h2-6,8-10H,1,7H2,(H2,11,12,13)/p-2/t2?,3?,4-,5?,6-/m1/s1. The lowest BCUT2D eigenvalue weighted by molar-refractivity contribution is -0.345. The maximum Gasteiger partial charge on any atom is 0.173 e. The SMILES string of the molecule is NC1C(O)[C@H](O)C(COP(=O)([O-])[O-])O[C@H]1O. The van der Waals surface area contributed by atoms with Gasteiger partial charge in [0.05, 0.1) is 20.5 Å². The summed E-state index contributed by atoms with van der Waals surface area (Å²) in [6.45, 7) is -0.799. The van der Waals surface area contributed by atoms with Crippen LogP contribution in [0, 0.1) is 0 Å². The molecule has 0 aromatic heterocycles. The molecular formula is C6H12NO8P-2. The molecule has 5 N–H and O–H groups in total. The fourth-order valence-electron chi connectivity index (χ4n) is 1.27. The first kappa shape index (κ1) is 14.0. The number of rotatable bonds is 3. The number of phosphoric acid groups is 1. The molecule has 3 unspecified atom stereocenters. The molecule has 0 aliphatic carbocycles. The molecule has 0 aromatic carbocycles. The number of nitrogens with two attached hydrogens (primary N) is 1. The van der Waals surface area contributed by atoms with E-state index in [0.29, 0.717) is 0 Å². The maximum atomic E-state index is 10.2. The molecule has 0 aromatic rings. The smallest absolute Gasteiger partial charge is 0.173 e. The van der Waals surface area contributed by atoms with E-state index in [2.05, 4.69) is 9.26 Å². The summed E-state index contributed by atoms with van der Waals surface area (Å²) in [6.07, 6.45) is -5.98. The third-order valence-corrected chi connectivity index (χ3v) is 2.63. The van der Waals surface area contributed by atoms with Crippen molar-refractivity contribution in [3.63, 3.8) is 0 Å². The molecule has 1 aliphatic heterocycles. The van der Waals surface area contributed by atoms with Crippen molar-refractivity contribution in [3.8, 4) is 0 Å². The van der Waals surface area contributed by atoms with E-state index in [0.717, 1.165) is 0 Å². The van der Waals surface area contributed by atoms with Crippen LogP contribution in [0.3, 0.4) is 0 Å². The topological polar surface area (TPSA) is 168 Å². The van der Waals surface area contributed by atoms with Crippen LogP contribution in [-0.2, 0) is 13.8 Å². The molecule has 1 saturated heterocycles. The normalized spacial score (nSPS) is 41.0. The minimum Gasteiger partial charge on any atom is -0.790 e. The van der Waals surface area contributed by atoms with Crippen molar-refractivity contribution in [2.24, 2.45) is 5.73 Å². The Balaban J connectivity index is 2.57. The quantitative estimate of drug-likeness (QED) is 0.364. The fourth-order valence-corrected chi connectivity index (χ4v) is 1.60. The summed E-state index contributed by atoms with van der Waals surface area (Å²) in [5, 5.41) is 27.9. The Morgan fingerprint density at radius 3 is 2.38 bits per heavy atom. The van der Waals surface area contributed by atoms with E-state index in [1.807, 2.05) is 0 Å². The van der Waals surface area contributed by atoms with Crippen LogP contribution in [-0.4, -0.2) is 52.6 Å². The van der Waals surface area contributed by atoms with Crippen molar-refractivity contribution in [3.05, 3.63) is 0 Å². The highest BCUT2D eigenvalue weighted by molar-refractivity contribution is 7.43. The summed E-state index contributed by atoms with van der Waals surface area (Å²) in [7, 11) is -5.20. The Kier molecular flexibility index (Phi) is 4.41. The highest BCUT2D eigenvalue weighted by atomic mass is 31.2. The van der Waals surface area contributed by atoms with Gasteiger partial charge in [0, 0.05) is 0 Å². The number of hydrogen-bond acceptors (Lipinski definition) is 9. The zero-order valence-corrected chi connectivity index (χ0v) is 8.90. The van der Waals surface area contributed by atoms with Crippen LogP contribution < -0.4 is 15.5 Å². The predicted molar refractivity (Wildman–Crippen MR) is 44.4 cm³/mol. The van der Waals surface area contributed by atoms with Gasteiger partial charge in [0.1, 0.15) is 18.3 Å². The van der Waals surface area contributed by atoms with Crippen molar-refractivity contribution >= 4 is 7.82 Å². The zero-order valence-electron chi connectivity index (χ0n) is 8.00. The first-order valence-corrected chi connectivity index (χ1v) is 5.80. The van der Waals surface area contributed by atoms with Gasteiger partial charge in [-0.3, -0.25) is 0 Å². The van der Waals surface area contributed by atoms with Crippen LogP contribution >= 0.6 is 7.82 Å². The summed E-state index contributed by atoms with van der Waals surface area (Å²) in [6, 6.07) is -1.22. The van der Waals surface area contributed by atoms with Gasteiger partial charge in [-0.15, -0.1) is 0 Å². The average molecular weight is 257 g/mol. The van der Waals surface area contributed by atoms with Crippen LogP contribution in [0.4, 0.5) is 0 Å². The summed E-state index contributed by atoms with van der Waals surface area (Å²) >= 11 is 0. The molecule has 1 rings (SSSR count). The van der Waals surface area contributed by atoms with Crippen LogP contribution in [0.2, 0.25) is 0 Å². The van der Waals surface area contributed by atoms with Crippen LogP contribution in [0.1, 0.15) is 0 Å². The van der Waals surface area contributed by atoms with E-state index >= 15 is 0 Å². The Bertz CT molecular complexity index is 282. The molecule has 0 saturated carbocycles. The number of phosphoric ester groups is 1. The van der Waals surface area contributed by atoms with Gasteiger partial charge >= 0.3 is 0 Å². The zero-order chi connectivity index (χ0) is 12.5. The maximum absolute atomic E-state index is 10.2. The van der Waals surface area contributed by atoms with Gasteiger partial charge in [-0.2, -0.15) is 0 Å². The van der Waals surface area contributed by atoms with Crippen LogP contribution in [0.25, 0.3) is 0 Å². The lowest BCUT2D eigenvalue weighted by Crippen LogP contribution is -2.62. The molecule has 1 fully saturated rings. The number of hydrogen-bond donors (Lipinski definition) is 4. The van der Waals surface area contributed by atoms with Gasteiger partial charge in [0.2, 0.25) is 0 Å². The first-order valence-electron chi connectivity index (χ1n) is 4.34. The predicted octanol–water partition coefficient (Wildman–Crippen LogP) is -4.40. The van der Waals surface area contributed by atoms with Crippen molar-refractivity contribution < 1.29 is 38.9 Å². The molecule has 0 bridgehead atoms. The fraction of sp³-hybridized carbons (Fsp3) is 1.00. The van der Waals surface area contributed by atoms with E-state index in [1.54, 1.807) is 0 Å². The van der Waals surface area contributed by atoms with E-state index in [1.165, 1.54) is 0 Å². The highest BCUT2D eigenvalue weighted by Crippen LogP contribution is 2.27. The van der Waals surface area contributed by atoms with Gasteiger partial charge in [0.15, 0.2) is 6.29 Å².